The Morgan fingerprint density at radius 1 is 1.28 bits per heavy atom. The van der Waals surface area contributed by atoms with Gasteiger partial charge in [0.2, 0.25) is 0 Å². The maximum atomic E-state index is 11.9. The Kier molecular flexibility index (Phi) is 2.98. The third-order valence-corrected chi connectivity index (χ3v) is 3.51. The zero-order valence-electron chi connectivity index (χ0n) is 8.90. The first-order valence-corrected chi connectivity index (χ1v) is 6.23. The number of benzene rings is 1. The van der Waals surface area contributed by atoms with Crippen molar-refractivity contribution < 1.29 is 13.3 Å². The molecule has 0 radical (unpaired) electrons. The molecule has 0 aliphatic carbocycles. The van der Waals surface area contributed by atoms with E-state index in [0.29, 0.717) is 0 Å². The molecule has 0 unspecified atom stereocenters. The van der Waals surface area contributed by atoms with Gasteiger partial charge in [0.15, 0.2) is 0 Å². The average molecular weight is 268 g/mol. The first kappa shape index (κ1) is 12.0. The van der Waals surface area contributed by atoms with Crippen LogP contribution >= 0.6 is 0 Å². The number of aromatic amines is 1. The fraction of sp³-hybridized carbons (Fsp3) is 0. The van der Waals surface area contributed by atoms with Crippen LogP contribution in [0.15, 0.2) is 41.6 Å². The first-order chi connectivity index (χ1) is 8.49. The van der Waals surface area contributed by atoms with Gasteiger partial charge in [-0.25, -0.2) is 8.42 Å². The summed E-state index contributed by atoms with van der Waals surface area (Å²) in [6.07, 6.45) is 2.69. The quantitative estimate of drug-likeness (QED) is 0.636. The van der Waals surface area contributed by atoms with Crippen molar-refractivity contribution in [3.63, 3.8) is 0 Å². The molecular weight excluding hydrogens is 260 g/mol. The lowest BCUT2D eigenvalue weighted by Gasteiger charge is -2.04. The van der Waals surface area contributed by atoms with Crippen LogP contribution in [0.25, 0.3) is 0 Å². The van der Waals surface area contributed by atoms with Gasteiger partial charge in [0.25, 0.3) is 15.7 Å². The number of rotatable bonds is 4. The molecule has 2 rings (SSSR count). The van der Waals surface area contributed by atoms with Gasteiger partial charge in [-0.3, -0.25) is 19.9 Å². The zero-order chi connectivity index (χ0) is 13.2. The summed E-state index contributed by atoms with van der Waals surface area (Å²) in [5.41, 5.74) is 0.116. The second kappa shape index (κ2) is 4.45. The van der Waals surface area contributed by atoms with Gasteiger partial charge in [-0.2, -0.15) is 5.10 Å². The standard InChI is InChI=1S/C9H8N4O4S/c14-13(15)8-1-3-9(4-2-8)18(16,17)12-7-5-10-11-6-7/h1-6,12H,(H,10,11). The Balaban J connectivity index is 2.27. The minimum absolute atomic E-state index is 0.0608. The van der Waals surface area contributed by atoms with Gasteiger partial charge in [0.1, 0.15) is 0 Å². The second-order valence-electron chi connectivity index (χ2n) is 3.34. The molecule has 8 nitrogen and oxygen atoms in total. The van der Waals surface area contributed by atoms with Gasteiger partial charge in [-0.15, -0.1) is 0 Å². The second-order valence-corrected chi connectivity index (χ2v) is 5.03. The summed E-state index contributed by atoms with van der Waals surface area (Å²) in [5.74, 6) is 0. The van der Waals surface area contributed by atoms with Crippen LogP contribution in [0.3, 0.4) is 0 Å². The molecule has 0 fully saturated rings. The molecule has 0 amide bonds. The molecule has 0 atom stereocenters. The van der Waals surface area contributed by atoms with E-state index in [0.717, 1.165) is 12.1 Å². The van der Waals surface area contributed by atoms with Crippen molar-refractivity contribution in [3.05, 3.63) is 46.8 Å². The molecule has 1 aromatic heterocycles. The molecule has 18 heavy (non-hydrogen) atoms. The molecular formula is C9H8N4O4S. The summed E-state index contributed by atoms with van der Waals surface area (Å²) < 4.78 is 26.0. The summed E-state index contributed by atoms with van der Waals surface area (Å²) in [7, 11) is -3.76. The van der Waals surface area contributed by atoms with Gasteiger partial charge in [-0.05, 0) is 12.1 Å². The Labute approximate surface area is 102 Å². The molecule has 2 aromatic rings. The number of anilines is 1. The number of nitro groups is 1. The van der Waals surface area contributed by atoms with Crippen LogP contribution in [0.4, 0.5) is 11.4 Å². The number of aromatic nitrogens is 2. The molecule has 94 valence electrons. The highest BCUT2D eigenvalue weighted by Gasteiger charge is 2.16. The summed E-state index contributed by atoms with van der Waals surface area (Å²) in [6, 6.07) is 4.59. The van der Waals surface area contributed by atoms with E-state index in [2.05, 4.69) is 14.9 Å². The van der Waals surface area contributed by atoms with Crippen molar-refractivity contribution in [2.75, 3.05) is 4.72 Å². The van der Waals surface area contributed by atoms with Crippen LogP contribution < -0.4 is 4.72 Å². The zero-order valence-corrected chi connectivity index (χ0v) is 9.72. The number of non-ortho nitro benzene ring substituents is 1. The minimum atomic E-state index is -3.76. The topological polar surface area (TPSA) is 118 Å². The molecule has 0 spiro atoms. The van der Waals surface area contributed by atoms with E-state index >= 15 is 0 Å². The van der Waals surface area contributed by atoms with Crippen LogP contribution in [0, 0.1) is 10.1 Å². The molecule has 0 aliphatic rings. The van der Waals surface area contributed by atoms with Gasteiger partial charge in [-0.1, -0.05) is 0 Å². The van der Waals surface area contributed by atoms with Gasteiger partial charge >= 0.3 is 0 Å². The highest BCUT2D eigenvalue weighted by Crippen LogP contribution is 2.18. The van der Waals surface area contributed by atoms with E-state index in [1.54, 1.807) is 0 Å². The highest BCUT2D eigenvalue weighted by molar-refractivity contribution is 7.92. The van der Waals surface area contributed by atoms with E-state index in [1.807, 2.05) is 0 Å². The summed E-state index contributed by atoms with van der Waals surface area (Å²) in [4.78, 5) is 9.79. The fourth-order valence-electron chi connectivity index (χ4n) is 1.27. The number of sulfonamides is 1. The average Bonchev–Trinajstić information content (AvgIpc) is 2.81. The molecule has 1 heterocycles. The molecule has 2 N–H and O–H groups in total. The van der Waals surface area contributed by atoms with Crippen molar-refractivity contribution in [3.8, 4) is 0 Å². The Hall–Kier alpha value is -2.42. The van der Waals surface area contributed by atoms with E-state index in [4.69, 9.17) is 0 Å². The fourth-order valence-corrected chi connectivity index (χ4v) is 2.30. The van der Waals surface area contributed by atoms with Gasteiger partial charge in [0, 0.05) is 18.3 Å². The number of nitrogens with zero attached hydrogens (tertiary/aromatic N) is 2. The molecule has 0 bridgehead atoms. The minimum Gasteiger partial charge on any atom is -0.284 e. The van der Waals surface area contributed by atoms with E-state index in [-0.39, 0.29) is 16.3 Å². The third kappa shape index (κ3) is 2.46. The van der Waals surface area contributed by atoms with E-state index in [1.165, 1.54) is 24.5 Å². The van der Waals surface area contributed by atoms with Crippen molar-refractivity contribution >= 4 is 21.4 Å². The SMILES string of the molecule is O=[N+]([O-])c1ccc(S(=O)(=O)Nc2cn[nH]c2)cc1. The Morgan fingerprint density at radius 2 is 1.94 bits per heavy atom. The number of hydrogen-bond acceptors (Lipinski definition) is 5. The van der Waals surface area contributed by atoms with Crippen LogP contribution in [0.5, 0.6) is 0 Å². The van der Waals surface area contributed by atoms with Crippen LogP contribution in [0.2, 0.25) is 0 Å². The third-order valence-electron chi connectivity index (χ3n) is 2.11. The number of nitrogens with one attached hydrogen (secondary N) is 2. The predicted octanol–water partition coefficient (Wildman–Crippen LogP) is 1.12. The predicted molar refractivity (Wildman–Crippen MR) is 62.5 cm³/mol. The van der Waals surface area contributed by atoms with Crippen LogP contribution in [-0.2, 0) is 10.0 Å². The van der Waals surface area contributed by atoms with E-state index < -0.39 is 14.9 Å². The van der Waals surface area contributed by atoms with Crippen LogP contribution in [0.1, 0.15) is 0 Å². The lowest BCUT2D eigenvalue weighted by atomic mass is 10.3. The number of H-pyrrole nitrogens is 1. The molecule has 0 saturated carbocycles. The summed E-state index contributed by atoms with van der Waals surface area (Å²) in [6.45, 7) is 0. The van der Waals surface area contributed by atoms with Crippen molar-refractivity contribution in [1.29, 1.82) is 0 Å². The lowest BCUT2D eigenvalue weighted by molar-refractivity contribution is -0.384. The number of hydrogen-bond donors (Lipinski definition) is 2. The normalized spacial score (nSPS) is 11.1. The Morgan fingerprint density at radius 3 is 2.44 bits per heavy atom. The van der Waals surface area contributed by atoms with Crippen LogP contribution in [-0.4, -0.2) is 23.5 Å². The molecule has 0 saturated heterocycles. The molecule has 0 aliphatic heterocycles. The van der Waals surface area contributed by atoms with Crippen molar-refractivity contribution in [2.24, 2.45) is 0 Å². The highest BCUT2D eigenvalue weighted by atomic mass is 32.2. The summed E-state index contributed by atoms with van der Waals surface area (Å²) in [5, 5.41) is 16.5. The van der Waals surface area contributed by atoms with E-state index in [9.17, 15) is 18.5 Å². The first-order valence-electron chi connectivity index (χ1n) is 4.75. The molecule has 1 aromatic carbocycles. The Bertz CT molecular complexity index is 648. The van der Waals surface area contributed by atoms with Crippen molar-refractivity contribution in [1.82, 2.24) is 10.2 Å². The summed E-state index contributed by atoms with van der Waals surface area (Å²) >= 11 is 0. The monoisotopic (exact) mass is 268 g/mol. The van der Waals surface area contributed by atoms with Gasteiger partial charge < -0.3 is 0 Å². The maximum absolute atomic E-state index is 11.9. The largest absolute Gasteiger partial charge is 0.284 e. The lowest BCUT2D eigenvalue weighted by Crippen LogP contribution is -2.12. The van der Waals surface area contributed by atoms with Crippen molar-refractivity contribution in [2.45, 2.75) is 4.90 Å². The maximum Gasteiger partial charge on any atom is 0.269 e. The smallest absolute Gasteiger partial charge is 0.269 e. The van der Waals surface area contributed by atoms with Gasteiger partial charge in [0.05, 0.1) is 21.7 Å². The molecule has 9 heteroatoms. The number of nitro benzene ring substituents is 1.